The van der Waals surface area contributed by atoms with Crippen LogP contribution in [0.25, 0.3) is 0 Å². The smallest absolute Gasteiger partial charge is 0.269 e. The molecule has 0 saturated heterocycles. The van der Waals surface area contributed by atoms with Crippen molar-refractivity contribution in [1.82, 2.24) is 19.9 Å². The maximum atomic E-state index is 12.5. The van der Waals surface area contributed by atoms with Crippen molar-refractivity contribution in [3.63, 3.8) is 0 Å². The average Bonchev–Trinajstić information content (AvgIpc) is 3.23. The van der Waals surface area contributed by atoms with Crippen molar-refractivity contribution in [2.24, 2.45) is 0 Å². The molecule has 4 rings (SSSR count). The Morgan fingerprint density at radius 1 is 1.16 bits per heavy atom. The number of aryl methyl sites for hydroxylation is 3. The van der Waals surface area contributed by atoms with Crippen LogP contribution < -0.4 is 15.4 Å². The summed E-state index contributed by atoms with van der Waals surface area (Å²) in [5, 5.41) is 5.49. The lowest BCUT2D eigenvalue weighted by molar-refractivity contribution is -0.116. The van der Waals surface area contributed by atoms with Gasteiger partial charge in [0.1, 0.15) is 23.0 Å². The average molecular weight is 434 g/mol. The summed E-state index contributed by atoms with van der Waals surface area (Å²) in [4.78, 5) is 32.9. The Kier molecular flexibility index (Phi) is 6.49. The Labute approximate surface area is 187 Å². The van der Waals surface area contributed by atoms with E-state index in [1.54, 1.807) is 25.2 Å². The molecule has 8 heteroatoms. The summed E-state index contributed by atoms with van der Waals surface area (Å²) < 4.78 is 8.21. The fraction of sp³-hybridized carbons (Fsp3) is 0.333. The van der Waals surface area contributed by atoms with Crippen LogP contribution in [-0.2, 0) is 24.2 Å². The van der Waals surface area contributed by atoms with Crippen LogP contribution in [0.1, 0.15) is 46.8 Å². The monoisotopic (exact) mass is 433 g/mol. The van der Waals surface area contributed by atoms with Gasteiger partial charge in [-0.2, -0.15) is 0 Å². The molecule has 0 saturated carbocycles. The van der Waals surface area contributed by atoms with Gasteiger partial charge in [0.2, 0.25) is 5.91 Å². The molecule has 3 heterocycles. The molecule has 0 fully saturated rings. The van der Waals surface area contributed by atoms with E-state index in [1.165, 1.54) is 12.6 Å². The first-order valence-electron chi connectivity index (χ1n) is 10.8. The van der Waals surface area contributed by atoms with E-state index in [-0.39, 0.29) is 17.5 Å². The van der Waals surface area contributed by atoms with Gasteiger partial charge in [-0.3, -0.25) is 14.6 Å². The Balaban J connectivity index is 1.39. The van der Waals surface area contributed by atoms with Gasteiger partial charge in [-0.15, -0.1) is 0 Å². The predicted molar refractivity (Wildman–Crippen MR) is 121 cm³/mol. The normalized spacial score (nSPS) is 12.7. The zero-order valence-electron chi connectivity index (χ0n) is 18.4. The number of imidazole rings is 1. The van der Waals surface area contributed by atoms with Crippen LogP contribution in [0.4, 0.5) is 5.69 Å². The molecule has 32 heavy (non-hydrogen) atoms. The summed E-state index contributed by atoms with van der Waals surface area (Å²) in [6.07, 6.45) is 7.82. The number of carbonyl (C=O) groups excluding carboxylic acids is 2. The van der Waals surface area contributed by atoms with Gasteiger partial charge in [0, 0.05) is 62.3 Å². The molecule has 1 aliphatic rings. The molecular formula is C24H27N5O3. The molecular weight excluding hydrogens is 406 g/mol. The first-order valence-corrected chi connectivity index (χ1v) is 10.8. The number of benzene rings is 1. The Hall–Kier alpha value is -3.68. The molecule has 1 aromatic carbocycles. The number of fused-ring (bicyclic) bond motifs is 1. The number of pyridine rings is 1. The third-order valence-electron chi connectivity index (χ3n) is 5.55. The van der Waals surface area contributed by atoms with Crippen LogP contribution in [0.2, 0.25) is 0 Å². The summed E-state index contributed by atoms with van der Waals surface area (Å²) in [6, 6.07) is 8.79. The van der Waals surface area contributed by atoms with Gasteiger partial charge in [0.25, 0.3) is 5.91 Å². The lowest BCUT2D eigenvalue weighted by Gasteiger charge is -2.16. The number of ether oxygens (including phenoxy) is 1. The second-order valence-corrected chi connectivity index (χ2v) is 7.86. The van der Waals surface area contributed by atoms with E-state index in [0.29, 0.717) is 30.0 Å². The second-order valence-electron chi connectivity index (χ2n) is 7.86. The molecule has 3 aromatic rings. The standard InChI is InChI=1S/C24H27N5O3/c1-16-6-7-17(13-21(16)32-19-10-11-26-20(14-19)24(31)25-2)28-23(30)9-8-18-15-27-22-5-3-4-12-29(18)22/h6-7,10-11,13-15H,3-5,8-9,12H2,1-2H3,(H,25,31)(H,28,30). The van der Waals surface area contributed by atoms with Gasteiger partial charge < -0.3 is 19.9 Å². The molecule has 8 nitrogen and oxygen atoms in total. The van der Waals surface area contributed by atoms with Crippen molar-refractivity contribution in [3.8, 4) is 11.5 Å². The van der Waals surface area contributed by atoms with E-state index < -0.39 is 0 Å². The number of aromatic nitrogens is 3. The van der Waals surface area contributed by atoms with E-state index in [1.807, 2.05) is 25.3 Å². The van der Waals surface area contributed by atoms with E-state index in [9.17, 15) is 9.59 Å². The SMILES string of the molecule is CNC(=O)c1cc(Oc2cc(NC(=O)CCc3cnc4n3CCCC4)ccc2C)ccn1. The predicted octanol–water partition coefficient (Wildman–Crippen LogP) is 3.65. The number of hydrogen-bond acceptors (Lipinski definition) is 5. The molecule has 2 N–H and O–H groups in total. The van der Waals surface area contributed by atoms with Crippen molar-refractivity contribution >= 4 is 17.5 Å². The number of anilines is 1. The molecule has 0 unspecified atom stereocenters. The number of hydrogen-bond donors (Lipinski definition) is 2. The van der Waals surface area contributed by atoms with Gasteiger partial charge in [-0.1, -0.05) is 6.07 Å². The van der Waals surface area contributed by atoms with Gasteiger partial charge in [-0.25, -0.2) is 4.98 Å². The third-order valence-corrected chi connectivity index (χ3v) is 5.55. The lowest BCUT2D eigenvalue weighted by atomic mass is 10.1. The van der Waals surface area contributed by atoms with Crippen molar-refractivity contribution in [2.75, 3.05) is 12.4 Å². The molecule has 0 aliphatic carbocycles. The summed E-state index contributed by atoms with van der Waals surface area (Å²) in [7, 11) is 1.55. The highest BCUT2D eigenvalue weighted by molar-refractivity contribution is 5.92. The van der Waals surface area contributed by atoms with Crippen molar-refractivity contribution in [3.05, 3.63) is 65.5 Å². The molecule has 2 aromatic heterocycles. The number of carbonyl (C=O) groups is 2. The minimum absolute atomic E-state index is 0.0584. The summed E-state index contributed by atoms with van der Waals surface area (Å²) in [5.74, 6) is 1.88. The van der Waals surface area contributed by atoms with Crippen LogP contribution in [0, 0.1) is 6.92 Å². The quantitative estimate of drug-likeness (QED) is 0.593. The highest BCUT2D eigenvalue weighted by Gasteiger charge is 2.15. The molecule has 1 aliphatic heterocycles. The molecule has 0 atom stereocenters. The fourth-order valence-corrected chi connectivity index (χ4v) is 3.79. The van der Waals surface area contributed by atoms with Crippen LogP contribution in [-0.4, -0.2) is 33.4 Å². The summed E-state index contributed by atoms with van der Waals surface area (Å²) in [5.41, 5.74) is 2.96. The number of nitrogens with one attached hydrogen (secondary N) is 2. The van der Waals surface area contributed by atoms with E-state index in [2.05, 4.69) is 25.2 Å². The van der Waals surface area contributed by atoms with E-state index in [4.69, 9.17) is 4.74 Å². The molecule has 0 radical (unpaired) electrons. The van der Waals surface area contributed by atoms with E-state index >= 15 is 0 Å². The highest BCUT2D eigenvalue weighted by atomic mass is 16.5. The molecule has 0 spiro atoms. The Morgan fingerprint density at radius 2 is 2.03 bits per heavy atom. The van der Waals surface area contributed by atoms with Gasteiger partial charge in [-0.05, 0) is 43.9 Å². The molecule has 2 amide bonds. The minimum Gasteiger partial charge on any atom is -0.457 e. The highest BCUT2D eigenvalue weighted by Crippen LogP contribution is 2.28. The number of nitrogens with zero attached hydrogens (tertiary/aromatic N) is 3. The first kappa shape index (κ1) is 21.5. The molecule has 166 valence electrons. The van der Waals surface area contributed by atoms with Gasteiger partial charge in [0.05, 0.1) is 0 Å². The zero-order valence-corrected chi connectivity index (χ0v) is 18.4. The summed E-state index contributed by atoms with van der Waals surface area (Å²) >= 11 is 0. The van der Waals surface area contributed by atoms with Gasteiger partial charge >= 0.3 is 0 Å². The lowest BCUT2D eigenvalue weighted by Crippen LogP contribution is -2.18. The van der Waals surface area contributed by atoms with Crippen LogP contribution in [0.3, 0.4) is 0 Å². The maximum absolute atomic E-state index is 12.5. The van der Waals surface area contributed by atoms with Gasteiger partial charge in [0.15, 0.2) is 0 Å². The Bertz CT molecular complexity index is 1140. The Morgan fingerprint density at radius 3 is 2.88 bits per heavy atom. The van der Waals surface area contributed by atoms with Crippen molar-refractivity contribution < 1.29 is 14.3 Å². The first-order chi connectivity index (χ1) is 15.5. The largest absolute Gasteiger partial charge is 0.457 e. The number of amides is 2. The molecule has 0 bridgehead atoms. The van der Waals surface area contributed by atoms with Crippen molar-refractivity contribution in [1.29, 1.82) is 0 Å². The van der Waals surface area contributed by atoms with Crippen LogP contribution in [0.15, 0.2) is 42.7 Å². The third kappa shape index (κ3) is 4.96. The topological polar surface area (TPSA) is 98.1 Å². The maximum Gasteiger partial charge on any atom is 0.269 e. The second kappa shape index (κ2) is 9.64. The fourth-order valence-electron chi connectivity index (χ4n) is 3.79. The van der Waals surface area contributed by atoms with Crippen LogP contribution in [0.5, 0.6) is 11.5 Å². The minimum atomic E-state index is -0.285. The number of rotatable bonds is 7. The van der Waals surface area contributed by atoms with E-state index in [0.717, 1.165) is 36.5 Å². The zero-order chi connectivity index (χ0) is 22.5. The summed E-state index contributed by atoms with van der Waals surface area (Å²) in [6.45, 7) is 2.91. The van der Waals surface area contributed by atoms with Crippen LogP contribution >= 0.6 is 0 Å². The van der Waals surface area contributed by atoms with Crippen molar-refractivity contribution in [2.45, 2.75) is 45.6 Å².